The molecule has 2 nitrogen and oxygen atoms in total. The van der Waals surface area contributed by atoms with Gasteiger partial charge in [-0.05, 0) is 235 Å². The van der Waals surface area contributed by atoms with E-state index in [9.17, 15) is 4.79 Å². The van der Waals surface area contributed by atoms with Gasteiger partial charge in [-0.2, -0.15) is 0 Å². The quantitative estimate of drug-likeness (QED) is 0.151. The molecule has 0 aromatic heterocycles. The standard InChI is InChI=1S/C54H62O2/c1-2-3-12-56-30(55)10-7-11-53(28-8-5-4-6-9-28)52-29-19-26-17-23-15-24-14-21-13-22-16-25-18-27-20-54(52,53)51-37(27)42-36(25)41-32(22)31(21)39-35(24)40-33(23)34(26)43-38(29)50(51)49-47(42)45(41)44(39)46(40)48(43)49/h4-6,8-9,18,22-24,26-27,29,32-52H,2-3,7,10-17,19-20H2,1H3. The molecule has 18 rings (SSSR count). The summed E-state index contributed by atoms with van der Waals surface area (Å²) in [6.07, 6.45) is 19.2. The van der Waals surface area contributed by atoms with Gasteiger partial charge in [-0.25, -0.2) is 0 Å². The van der Waals surface area contributed by atoms with Gasteiger partial charge in [0.2, 0.25) is 0 Å². The molecule has 0 aliphatic heterocycles. The molecular formula is C54H62O2. The van der Waals surface area contributed by atoms with E-state index in [4.69, 9.17) is 4.74 Å². The number of esters is 1. The van der Waals surface area contributed by atoms with E-state index in [2.05, 4.69) is 60.1 Å². The molecule has 29 atom stereocenters. The number of fused-ring (bicyclic) bond motifs is 1. The third kappa shape index (κ3) is 2.67. The molecule has 56 heavy (non-hydrogen) atoms. The molecule has 2 heteroatoms. The van der Waals surface area contributed by atoms with Crippen LogP contribution in [0.4, 0.5) is 0 Å². The van der Waals surface area contributed by atoms with Crippen molar-refractivity contribution in [3.05, 3.63) is 58.7 Å². The molecule has 17 aliphatic carbocycles. The predicted octanol–water partition coefficient (Wildman–Crippen LogP) is 10.2. The Morgan fingerprint density at radius 1 is 0.679 bits per heavy atom. The SMILES string of the molecule is CCCCOC(=O)CCCC1(c2ccccc2)C2C3CC4CC5CC6CC7=C8C9C(CC%10=CC%11CC21C1C%11C2C%10C9C9C%10C8C6C6C5C4C4C3C1C(C29)C4C%106)C7. The Morgan fingerprint density at radius 3 is 2.29 bits per heavy atom. The minimum Gasteiger partial charge on any atom is -0.466 e. The number of hydrogen-bond acceptors (Lipinski definition) is 2. The van der Waals surface area contributed by atoms with Crippen LogP contribution in [0.1, 0.15) is 89.5 Å². The average Bonchev–Trinajstić information content (AvgIpc) is 3.89. The van der Waals surface area contributed by atoms with Crippen molar-refractivity contribution in [1.29, 1.82) is 0 Å². The van der Waals surface area contributed by atoms with Crippen LogP contribution in [0.15, 0.2) is 53.1 Å². The van der Waals surface area contributed by atoms with Crippen molar-refractivity contribution in [2.45, 2.75) is 89.4 Å². The molecule has 14 saturated carbocycles. The summed E-state index contributed by atoms with van der Waals surface area (Å²) in [6.45, 7) is 2.82. The smallest absolute Gasteiger partial charge is 0.305 e. The first-order valence-corrected chi connectivity index (χ1v) is 25.3. The van der Waals surface area contributed by atoms with E-state index >= 15 is 0 Å². The molecule has 1 spiro atoms. The van der Waals surface area contributed by atoms with Gasteiger partial charge in [0.05, 0.1) is 6.61 Å². The number of hydrogen-bond donors (Lipinski definition) is 0. The first-order chi connectivity index (χ1) is 27.7. The minimum atomic E-state index is 0.0824. The minimum absolute atomic E-state index is 0.0824. The maximum absolute atomic E-state index is 13.3. The van der Waals surface area contributed by atoms with Gasteiger partial charge in [-0.1, -0.05) is 66.5 Å². The van der Waals surface area contributed by atoms with Gasteiger partial charge in [-0.15, -0.1) is 0 Å². The van der Waals surface area contributed by atoms with Gasteiger partial charge in [0.15, 0.2) is 0 Å². The third-order valence-electron chi connectivity index (χ3n) is 25.7. The van der Waals surface area contributed by atoms with Crippen LogP contribution < -0.4 is 0 Å². The molecular weight excluding hydrogens is 681 g/mol. The van der Waals surface area contributed by atoms with Crippen molar-refractivity contribution in [3.63, 3.8) is 0 Å². The zero-order valence-corrected chi connectivity index (χ0v) is 33.6. The summed E-state index contributed by atoms with van der Waals surface area (Å²) in [4.78, 5) is 13.3. The molecule has 29 unspecified atom stereocenters. The number of carbonyl (C=O) groups is 1. The average molecular weight is 743 g/mol. The molecule has 0 amide bonds. The molecule has 14 fully saturated rings. The Morgan fingerprint density at radius 2 is 1.41 bits per heavy atom. The first kappa shape index (κ1) is 30.2. The first-order valence-electron chi connectivity index (χ1n) is 25.3. The van der Waals surface area contributed by atoms with Crippen LogP contribution in [-0.2, 0) is 14.9 Å². The van der Waals surface area contributed by atoms with Crippen LogP contribution in [-0.4, -0.2) is 12.6 Å². The third-order valence-corrected chi connectivity index (χ3v) is 25.7. The zero-order valence-electron chi connectivity index (χ0n) is 33.6. The van der Waals surface area contributed by atoms with Gasteiger partial charge >= 0.3 is 5.97 Å². The summed E-state index contributed by atoms with van der Waals surface area (Å²) in [5.74, 6) is 28.4. The van der Waals surface area contributed by atoms with E-state index in [0.29, 0.717) is 18.4 Å². The summed E-state index contributed by atoms with van der Waals surface area (Å²) in [6, 6.07) is 12.4. The van der Waals surface area contributed by atoms with Crippen LogP contribution in [0, 0.1) is 165 Å². The number of carbonyl (C=O) groups excluding carboxylic acids is 1. The van der Waals surface area contributed by atoms with E-state index in [1.807, 2.05) is 0 Å². The van der Waals surface area contributed by atoms with Gasteiger partial charge in [0.25, 0.3) is 0 Å². The van der Waals surface area contributed by atoms with Gasteiger partial charge in [-0.3, -0.25) is 4.79 Å². The van der Waals surface area contributed by atoms with Crippen LogP contribution in [0.3, 0.4) is 0 Å². The number of unbranched alkanes of at least 4 members (excludes halogenated alkanes) is 1. The van der Waals surface area contributed by atoms with Gasteiger partial charge < -0.3 is 4.74 Å². The molecule has 0 bridgehead atoms. The summed E-state index contributed by atoms with van der Waals surface area (Å²) >= 11 is 0. The largest absolute Gasteiger partial charge is 0.466 e. The fourth-order valence-corrected chi connectivity index (χ4v) is 27.1. The molecule has 1 aromatic carbocycles. The highest BCUT2D eigenvalue weighted by atomic mass is 16.5. The lowest BCUT2D eigenvalue weighted by atomic mass is 9.43. The van der Waals surface area contributed by atoms with Crippen molar-refractivity contribution < 1.29 is 9.53 Å². The monoisotopic (exact) mass is 742 g/mol. The number of ether oxygens (including phenoxy) is 1. The lowest BCUT2D eigenvalue weighted by Crippen LogP contribution is -2.58. The normalized spacial score (nSPS) is 67.0. The van der Waals surface area contributed by atoms with Crippen LogP contribution in [0.5, 0.6) is 0 Å². The highest BCUT2D eigenvalue weighted by Crippen LogP contribution is 2.98. The van der Waals surface area contributed by atoms with Crippen molar-refractivity contribution in [3.8, 4) is 0 Å². The summed E-state index contributed by atoms with van der Waals surface area (Å²) in [7, 11) is 0. The van der Waals surface area contributed by atoms with Gasteiger partial charge in [0.1, 0.15) is 0 Å². The highest BCUT2D eigenvalue weighted by Gasteiger charge is 2.94. The number of rotatable bonds is 8. The predicted molar refractivity (Wildman–Crippen MR) is 212 cm³/mol. The lowest BCUT2D eigenvalue weighted by Gasteiger charge is -2.61. The number of benzene rings is 1. The molecule has 17 aliphatic rings. The molecule has 0 radical (unpaired) electrons. The summed E-state index contributed by atoms with van der Waals surface area (Å²) in [5.41, 5.74) is 8.91. The van der Waals surface area contributed by atoms with E-state index in [0.717, 1.165) is 179 Å². The van der Waals surface area contributed by atoms with Crippen LogP contribution >= 0.6 is 0 Å². The van der Waals surface area contributed by atoms with Crippen LogP contribution in [0.2, 0.25) is 0 Å². The molecule has 1 aromatic rings. The van der Waals surface area contributed by atoms with E-state index < -0.39 is 0 Å². The summed E-state index contributed by atoms with van der Waals surface area (Å²) < 4.78 is 5.85. The Hall–Kier alpha value is -1.83. The lowest BCUT2D eigenvalue weighted by molar-refractivity contribution is -0.145. The molecule has 290 valence electrons. The maximum Gasteiger partial charge on any atom is 0.305 e. The van der Waals surface area contributed by atoms with Crippen molar-refractivity contribution in [2.24, 2.45) is 165 Å². The van der Waals surface area contributed by atoms with Crippen molar-refractivity contribution in [2.75, 3.05) is 6.61 Å². The van der Waals surface area contributed by atoms with Gasteiger partial charge in [0, 0.05) is 11.8 Å². The Labute approximate surface area is 334 Å². The van der Waals surface area contributed by atoms with E-state index in [1.54, 1.807) is 31.2 Å². The summed E-state index contributed by atoms with van der Waals surface area (Å²) in [5, 5.41) is 0. The Balaban J connectivity index is 0.886. The fourth-order valence-electron chi connectivity index (χ4n) is 27.1. The molecule has 0 saturated heterocycles. The Bertz CT molecular complexity index is 2150. The topological polar surface area (TPSA) is 26.3 Å². The second kappa shape index (κ2) is 9.09. The molecule has 0 heterocycles. The maximum atomic E-state index is 13.3. The second-order valence-electron chi connectivity index (χ2n) is 25.3. The highest BCUT2D eigenvalue weighted by molar-refractivity contribution is 5.69. The zero-order chi connectivity index (χ0) is 35.6. The Kier molecular flexibility index (Phi) is 4.91. The van der Waals surface area contributed by atoms with E-state index in [-0.39, 0.29) is 11.4 Å². The van der Waals surface area contributed by atoms with E-state index in [1.165, 1.54) is 25.7 Å². The molecule has 0 N–H and O–H groups in total. The van der Waals surface area contributed by atoms with Crippen LogP contribution in [0.25, 0.3) is 0 Å². The van der Waals surface area contributed by atoms with Crippen molar-refractivity contribution in [1.82, 2.24) is 0 Å². The number of allylic oxidation sites excluding steroid dienone is 4. The van der Waals surface area contributed by atoms with Crippen molar-refractivity contribution >= 4 is 5.97 Å². The fraction of sp³-hybridized carbons (Fsp3) is 0.796. The second-order valence-corrected chi connectivity index (χ2v) is 25.3.